The van der Waals surface area contributed by atoms with E-state index in [1.165, 1.54) is 24.3 Å². The Morgan fingerprint density at radius 3 is 2.86 bits per heavy atom. The van der Waals surface area contributed by atoms with Crippen LogP contribution >= 0.6 is 0 Å². The molecule has 0 aromatic heterocycles. The fourth-order valence-corrected chi connectivity index (χ4v) is 3.54. The van der Waals surface area contributed by atoms with Crippen LogP contribution < -0.4 is 0 Å². The molecule has 2 rings (SSSR count). The van der Waals surface area contributed by atoms with Gasteiger partial charge in [-0.1, -0.05) is 6.07 Å². The van der Waals surface area contributed by atoms with Crippen LogP contribution in [0.5, 0.6) is 0 Å². The number of sulfone groups is 1. The van der Waals surface area contributed by atoms with Gasteiger partial charge in [-0.15, -0.1) is 0 Å². The molecule has 1 fully saturated rings. The van der Waals surface area contributed by atoms with Gasteiger partial charge in [-0.05, 0) is 24.6 Å². The molecule has 21 heavy (non-hydrogen) atoms. The summed E-state index contributed by atoms with van der Waals surface area (Å²) in [5.74, 6) is -1.15. The zero-order chi connectivity index (χ0) is 15.3. The highest BCUT2D eigenvalue weighted by molar-refractivity contribution is 7.91. The molecule has 0 aliphatic carbocycles. The van der Waals surface area contributed by atoms with Crippen LogP contribution in [0.3, 0.4) is 0 Å². The molecule has 0 spiro atoms. The van der Waals surface area contributed by atoms with Crippen molar-refractivity contribution in [2.45, 2.75) is 11.3 Å². The molecule has 1 aromatic carbocycles. The summed E-state index contributed by atoms with van der Waals surface area (Å²) in [6.45, 7) is 3.32. The monoisotopic (exact) mass is 313 g/mol. The first-order valence-corrected chi connectivity index (χ1v) is 8.50. The second-order valence-electron chi connectivity index (χ2n) is 4.96. The Balaban J connectivity index is 2.04. The fraction of sp³-hybridized carbons (Fsp3) is 0.500. The van der Waals surface area contributed by atoms with Gasteiger partial charge >= 0.3 is 5.97 Å². The van der Waals surface area contributed by atoms with Gasteiger partial charge in [-0.3, -0.25) is 4.90 Å². The summed E-state index contributed by atoms with van der Waals surface area (Å²) < 4.78 is 29.9. The Morgan fingerprint density at radius 2 is 2.10 bits per heavy atom. The van der Waals surface area contributed by atoms with Crippen molar-refractivity contribution in [1.29, 1.82) is 0 Å². The predicted molar refractivity (Wildman–Crippen MR) is 77.3 cm³/mol. The van der Waals surface area contributed by atoms with E-state index in [1.54, 1.807) is 0 Å². The molecule has 7 heteroatoms. The summed E-state index contributed by atoms with van der Waals surface area (Å²) in [6, 6.07) is 5.49. The molecule has 1 aromatic rings. The van der Waals surface area contributed by atoms with Crippen molar-refractivity contribution in [3.63, 3.8) is 0 Å². The summed E-state index contributed by atoms with van der Waals surface area (Å²) in [5, 5.41) is 8.92. The number of carboxylic acids is 1. The summed E-state index contributed by atoms with van der Waals surface area (Å²) in [6.07, 6.45) is 0.897. The molecule has 1 aliphatic rings. The van der Waals surface area contributed by atoms with Crippen molar-refractivity contribution in [2.75, 3.05) is 38.6 Å². The molecule has 1 heterocycles. The largest absolute Gasteiger partial charge is 0.478 e. The molecular weight excluding hydrogens is 294 g/mol. The third kappa shape index (κ3) is 4.52. The van der Waals surface area contributed by atoms with Gasteiger partial charge in [0.05, 0.1) is 22.8 Å². The molecule has 0 atom stereocenters. The molecule has 1 aliphatic heterocycles. The molecule has 0 bridgehead atoms. The smallest absolute Gasteiger partial charge is 0.335 e. The standard InChI is InChI=1S/C14H19NO5S/c16-14(17)12-3-1-4-13(11-12)21(18,19)10-7-15-5-2-8-20-9-6-15/h1,3-4,11H,2,5-10H2,(H,16,17). The Labute approximate surface area is 124 Å². The first-order valence-electron chi connectivity index (χ1n) is 6.85. The summed E-state index contributed by atoms with van der Waals surface area (Å²) in [7, 11) is -3.47. The average Bonchev–Trinajstić information content (AvgIpc) is 2.74. The first-order chi connectivity index (χ1) is 9.99. The van der Waals surface area contributed by atoms with E-state index in [0.29, 0.717) is 19.8 Å². The lowest BCUT2D eigenvalue weighted by Crippen LogP contribution is -2.31. The second kappa shape index (κ2) is 7.02. The van der Waals surface area contributed by atoms with Crippen LogP contribution in [-0.4, -0.2) is 63.0 Å². The summed E-state index contributed by atoms with van der Waals surface area (Å²) in [5.41, 5.74) is -0.0146. The summed E-state index contributed by atoms with van der Waals surface area (Å²) in [4.78, 5) is 13.0. The lowest BCUT2D eigenvalue weighted by molar-refractivity contribution is 0.0696. The number of rotatable bonds is 5. The minimum absolute atomic E-state index is 0.0146. The number of ether oxygens (including phenoxy) is 1. The third-order valence-electron chi connectivity index (χ3n) is 3.43. The number of hydrogen-bond donors (Lipinski definition) is 1. The molecule has 116 valence electrons. The molecule has 1 N–H and O–H groups in total. The Bertz CT molecular complexity index is 591. The minimum Gasteiger partial charge on any atom is -0.478 e. The maximum absolute atomic E-state index is 12.3. The van der Waals surface area contributed by atoms with Gasteiger partial charge in [-0.2, -0.15) is 0 Å². The fourth-order valence-electron chi connectivity index (χ4n) is 2.21. The zero-order valence-corrected chi connectivity index (χ0v) is 12.5. The highest BCUT2D eigenvalue weighted by Gasteiger charge is 2.18. The number of carboxylic acid groups (broad SMARTS) is 1. The van der Waals surface area contributed by atoms with Crippen LogP contribution in [0, 0.1) is 0 Å². The van der Waals surface area contributed by atoms with Gasteiger partial charge in [-0.25, -0.2) is 13.2 Å². The van der Waals surface area contributed by atoms with E-state index in [0.717, 1.165) is 19.5 Å². The van der Waals surface area contributed by atoms with Crippen LogP contribution in [0.1, 0.15) is 16.8 Å². The van der Waals surface area contributed by atoms with E-state index in [-0.39, 0.29) is 16.2 Å². The zero-order valence-electron chi connectivity index (χ0n) is 11.7. The van der Waals surface area contributed by atoms with Crippen LogP contribution in [0.2, 0.25) is 0 Å². The number of aromatic carboxylic acids is 1. The normalized spacial score (nSPS) is 17.3. The molecule has 0 unspecified atom stereocenters. The van der Waals surface area contributed by atoms with Crippen molar-refractivity contribution in [3.05, 3.63) is 29.8 Å². The predicted octanol–water partition coefficient (Wildman–Crippen LogP) is 0.881. The third-order valence-corrected chi connectivity index (χ3v) is 5.12. The number of benzene rings is 1. The highest BCUT2D eigenvalue weighted by atomic mass is 32.2. The SMILES string of the molecule is O=C(O)c1cccc(S(=O)(=O)CCN2CCCOCC2)c1. The lowest BCUT2D eigenvalue weighted by atomic mass is 10.2. The average molecular weight is 313 g/mol. The van der Waals surface area contributed by atoms with E-state index < -0.39 is 15.8 Å². The van der Waals surface area contributed by atoms with E-state index in [9.17, 15) is 13.2 Å². The maximum atomic E-state index is 12.3. The quantitative estimate of drug-likeness (QED) is 0.869. The molecular formula is C14H19NO5S. The maximum Gasteiger partial charge on any atom is 0.335 e. The number of hydrogen-bond acceptors (Lipinski definition) is 5. The van der Waals surface area contributed by atoms with Gasteiger partial charge < -0.3 is 9.84 Å². The van der Waals surface area contributed by atoms with E-state index in [4.69, 9.17) is 9.84 Å². The van der Waals surface area contributed by atoms with Crippen LogP contribution in [0.15, 0.2) is 29.2 Å². The molecule has 0 amide bonds. The van der Waals surface area contributed by atoms with Gasteiger partial charge in [0, 0.05) is 26.2 Å². The van der Waals surface area contributed by atoms with Crippen molar-refractivity contribution < 1.29 is 23.1 Å². The number of nitrogens with zero attached hydrogens (tertiary/aromatic N) is 1. The Morgan fingerprint density at radius 1 is 1.29 bits per heavy atom. The second-order valence-corrected chi connectivity index (χ2v) is 7.07. The van der Waals surface area contributed by atoms with Crippen molar-refractivity contribution in [2.24, 2.45) is 0 Å². The minimum atomic E-state index is -3.47. The summed E-state index contributed by atoms with van der Waals surface area (Å²) >= 11 is 0. The topological polar surface area (TPSA) is 83.9 Å². The van der Waals surface area contributed by atoms with Crippen LogP contribution in [0.4, 0.5) is 0 Å². The highest BCUT2D eigenvalue weighted by Crippen LogP contribution is 2.14. The van der Waals surface area contributed by atoms with E-state index in [2.05, 4.69) is 4.90 Å². The lowest BCUT2D eigenvalue weighted by Gasteiger charge is -2.18. The van der Waals surface area contributed by atoms with Gasteiger partial charge in [0.1, 0.15) is 0 Å². The van der Waals surface area contributed by atoms with Gasteiger partial charge in [0.15, 0.2) is 9.84 Å². The van der Waals surface area contributed by atoms with Crippen LogP contribution in [-0.2, 0) is 14.6 Å². The van der Waals surface area contributed by atoms with Gasteiger partial charge in [0.25, 0.3) is 0 Å². The Kier molecular flexibility index (Phi) is 5.33. The van der Waals surface area contributed by atoms with Crippen molar-refractivity contribution in [1.82, 2.24) is 4.90 Å². The van der Waals surface area contributed by atoms with Gasteiger partial charge in [0.2, 0.25) is 0 Å². The molecule has 0 saturated carbocycles. The molecule has 6 nitrogen and oxygen atoms in total. The van der Waals surface area contributed by atoms with Crippen molar-refractivity contribution >= 4 is 15.8 Å². The molecule has 0 radical (unpaired) electrons. The first kappa shape index (κ1) is 15.9. The molecule has 1 saturated heterocycles. The Hall–Kier alpha value is -1.44. The van der Waals surface area contributed by atoms with Crippen LogP contribution in [0.25, 0.3) is 0 Å². The van der Waals surface area contributed by atoms with Crippen molar-refractivity contribution in [3.8, 4) is 0 Å². The van der Waals surface area contributed by atoms with E-state index in [1.807, 2.05) is 0 Å². The number of carbonyl (C=O) groups is 1. The van der Waals surface area contributed by atoms with E-state index >= 15 is 0 Å².